The average Bonchev–Trinajstić information content (AvgIpc) is 2.73. The Balaban J connectivity index is 1.95. The Morgan fingerprint density at radius 1 is 1.21 bits per heavy atom. The van der Waals surface area contributed by atoms with Crippen molar-refractivity contribution < 1.29 is 32.5 Å². The van der Waals surface area contributed by atoms with Gasteiger partial charge in [0.05, 0.1) is 39.3 Å². The molecular formula is C18H21N3O7S. The molecule has 0 saturated carbocycles. The van der Waals surface area contributed by atoms with E-state index in [2.05, 4.69) is 9.71 Å². The molecule has 0 spiro atoms. The molecule has 156 valence electrons. The molecule has 10 nitrogen and oxygen atoms in total. The van der Waals surface area contributed by atoms with Crippen molar-refractivity contribution in [2.24, 2.45) is 0 Å². The molecule has 2 N–H and O–H groups in total. The first kappa shape index (κ1) is 20.7. The lowest BCUT2D eigenvalue weighted by Gasteiger charge is -2.28. The summed E-state index contributed by atoms with van der Waals surface area (Å²) >= 11 is 0. The minimum absolute atomic E-state index is 0.0179. The molecule has 1 aromatic heterocycles. The Kier molecular flexibility index (Phi) is 6.09. The van der Waals surface area contributed by atoms with Crippen molar-refractivity contribution in [3.05, 3.63) is 36.0 Å². The number of methoxy groups -OCH3 is 2. The maximum atomic E-state index is 12.9. The molecule has 11 heteroatoms. The molecule has 1 aliphatic rings. The summed E-state index contributed by atoms with van der Waals surface area (Å²) in [4.78, 5) is 17.6. The third kappa shape index (κ3) is 4.51. The fourth-order valence-corrected chi connectivity index (χ4v) is 4.12. The lowest BCUT2D eigenvalue weighted by molar-refractivity contribution is 0.0696. The van der Waals surface area contributed by atoms with E-state index in [1.54, 1.807) is 11.0 Å². The lowest BCUT2D eigenvalue weighted by Crippen LogP contribution is -2.37. The van der Waals surface area contributed by atoms with Crippen molar-refractivity contribution in [3.8, 4) is 11.5 Å². The minimum atomic E-state index is -4.09. The number of benzene rings is 1. The summed E-state index contributed by atoms with van der Waals surface area (Å²) in [5.41, 5.74) is -0.0889. The van der Waals surface area contributed by atoms with E-state index in [1.165, 1.54) is 38.6 Å². The Bertz CT molecular complexity index is 1000. The number of carboxylic acids is 1. The van der Waals surface area contributed by atoms with Crippen LogP contribution in [0, 0.1) is 0 Å². The van der Waals surface area contributed by atoms with Crippen LogP contribution < -0.4 is 19.1 Å². The largest absolute Gasteiger partial charge is 0.497 e. The fourth-order valence-electron chi connectivity index (χ4n) is 2.90. The van der Waals surface area contributed by atoms with Crippen LogP contribution in [0.25, 0.3) is 0 Å². The van der Waals surface area contributed by atoms with Gasteiger partial charge in [-0.3, -0.25) is 4.72 Å². The van der Waals surface area contributed by atoms with Gasteiger partial charge >= 0.3 is 5.97 Å². The number of aromatic nitrogens is 1. The summed E-state index contributed by atoms with van der Waals surface area (Å²) < 4.78 is 43.6. The van der Waals surface area contributed by atoms with Crippen LogP contribution in [0.2, 0.25) is 0 Å². The Morgan fingerprint density at radius 3 is 2.55 bits per heavy atom. The molecule has 1 fully saturated rings. The van der Waals surface area contributed by atoms with Crippen LogP contribution in [0.3, 0.4) is 0 Å². The van der Waals surface area contributed by atoms with Crippen molar-refractivity contribution >= 4 is 27.5 Å². The highest BCUT2D eigenvalue weighted by Crippen LogP contribution is 2.30. The first-order valence-electron chi connectivity index (χ1n) is 8.66. The average molecular weight is 423 g/mol. The number of nitrogens with one attached hydrogen (secondary N) is 1. The number of rotatable bonds is 7. The van der Waals surface area contributed by atoms with Crippen molar-refractivity contribution in [3.63, 3.8) is 0 Å². The van der Waals surface area contributed by atoms with Crippen molar-refractivity contribution in [1.29, 1.82) is 0 Å². The SMILES string of the molecule is COc1ccc(OC)c(S(=O)(=O)Nc2cnc(N3CCOCC3)c(C(=O)O)c2)c1. The first-order chi connectivity index (χ1) is 13.9. The summed E-state index contributed by atoms with van der Waals surface area (Å²) in [5.74, 6) is -0.491. The molecule has 0 unspecified atom stereocenters. The number of pyridine rings is 1. The maximum Gasteiger partial charge on any atom is 0.339 e. The van der Waals surface area contributed by atoms with Crippen LogP contribution in [-0.4, -0.2) is 65.0 Å². The number of hydrogen-bond acceptors (Lipinski definition) is 8. The van der Waals surface area contributed by atoms with Crippen LogP contribution in [0.15, 0.2) is 35.4 Å². The molecule has 0 aliphatic carbocycles. The van der Waals surface area contributed by atoms with Crippen molar-refractivity contribution in [2.75, 3.05) is 50.1 Å². The van der Waals surface area contributed by atoms with Gasteiger partial charge in [0.1, 0.15) is 27.8 Å². The van der Waals surface area contributed by atoms with Crippen LogP contribution >= 0.6 is 0 Å². The van der Waals surface area contributed by atoms with Crippen LogP contribution in [0.4, 0.5) is 11.5 Å². The molecule has 2 aromatic rings. The van der Waals surface area contributed by atoms with Crippen LogP contribution in [0.1, 0.15) is 10.4 Å². The van der Waals surface area contributed by atoms with Gasteiger partial charge in [-0.15, -0.1) is 0 Å². The molecule has 0 atom stereocenters. The minimum Gasteiger partial charge on any atom is -0.497 e. The smallest absolute Gasteiger partial charge is 0.339 e. The van der Waals surface area contributed by atoms with Crippen molar-refractivity contribution in [1.82, 2.24) is 4.98 Å². The molecule has 0 amide bonds. The molecule has 1 saturated heterocycles. The highest BCUT2D eigenvalue weighted by molar-refractivity contribution is 7.92. The standard InChI is InChI=1S/C18H21N3O7S/c1-26-13-3-4-15(27-2)16(10-13)29(24,25)20-12-9-14(18(22)23)17(19-11-12)21-5-7-28-8-6-21/h3-4,9-11,20H,5-8H2,1-2H3,(H,22,23). The first-order valence-corrected chi connectivity index (χ1v) is 10.1. The summed E-state index contributed by atoms with van der Waals surface area (Å²) in [5, 5.41) is 9.57. The van der Waals surface area contributed by atoms with Gasteiger partial charge in [0, 0.05) is 19.2 Å². The van der Waals surface area contributed by atoms with E-state index in [4.69, 9.17) is 14.2 Å². The van der Waals surface area contributed by atoms with Gasteiger partial charge in [0.2, 0.25) is 0 Å². The number of carbonyl (C=O) groups is 1. The molecular weight excluding hydrogens is 402 g/mol. The zero-order chi connectivity index (χ0) is 21.0. The number of morpholine rings is 1. The number of ether oxygens (including phenoxy) is 3. The summed E-state index contributed by atoms with van der Waals surface area (Å²) in [6.45, 7) is 1.92. The monoisotopic (exact) mass is 423 g/mol. The van der Waals surface area contributed by atoms with Gasteiger partial charge in [-0.2, -0.15) is 0 Å². The zero-order valence-corrected chi connectivity index (χ0v) is 16.7. The van der Waals surface area contributed by atoms with Gasteiger partial charge in [0.25, 0.3) is 10.0 Å². The van der Waals surface area contributed by atoms with E-state index >= 15 is 0 Å². The molecule has 0 bridgehead atoms. The number of sulfonamides is 1. The molecule has 3 rings (SSSR count). The number of aromatic carboxylic acids is 1. The predicted molar refractivity (Wildman–Crippen MR) is 105 cm³/mol. The number of hydrogen-bond donors (Lipinski definition) is 2. The fraction of sp³-hybridized carbons (Fsp3) is 0.333. The van der Waals surface area contributed by atoms with E-state index < -0.39 is 16.0 Å². The Hall–Kier alpha value is -3.05. The zero-order valence-electron chi connectivity index (χ0n) is 15.9. The highest BCUT2D eigenvalue weighted by atomic mass is 32.2. The normalized spacial score (nSPS) is 14.3. The summed E-state index contributed by atoms with van der Waals surface area (Å²) in [6, 6.07) is 5.59. The van der Waals surface area contributed by atoms with Gasteiger partial charge in [-0.25, -0.2) is 18.2 Å². The number of anilines is 2. The van der Waals surface area contributed by atoms with Gasteiger partial charge < -0.3 is 24.2 Å². The van der Waals surface area contributed by atoms with E-state index in [9.17, 15) is 18.3 Å². The number of carboxylic acid groups (broad SMARTS) is 1. The second-order valence-electron chi connectivity index (χ2n) is 6.12. The highest BCUT2D eigenvalue weighted by Gasteiger charge is 2.24. The Labute approximate surface area is 168 Å². The maximum absolute atomic E-state index is 12.9. The molecule has 29 heavy (non-hydrogen) atoms. The molecule has 1 aromatic carbocycles. The second kappa shape index (κ2) is 8.53. The number of nitrogens with zero attached hydrogens (tertiary/aromatic N) is 2. The van der Waals surface area contributed by atoms with Crippen molar-refractivity contribution in [2.45, 2.75) is 4.90 Å². The van der Waals surface area contributed by atoms with Crippen LogP contribution in [-0.2, 0) is 14.8 Å². The van der Waals surface area contributed by atoms with Gasteiger partial charge in [-0.05, 0) is 18.2 Å². The third-order valence-corrected chi connectivity index (χ3v) is 5.72. The Morgan fingerprint density at radius 2 is 1.93 bits per heavy atom. The summed E-state index contributed by atoms with van der Waals surface area (Å²) in [7, 11) is -1.33. The van der Waals surface area contributed by atoms with E-state index in [1.807, 2.05) is 0 Å². The molecule has 2 heterocycles. The van der Waals surface area contributed by atoms with E-state index in [-0.39, 0.29) is 27.7 Å². The molecule has 0 radical (unpaired) electrons. The quantitative estimate of drug-likeness (QED) is 0.680. The predicted octanol–water partition coefficient (Wildman–Crippen LogP) is 1.43. The molecule has 1 aliphatic heterocycles. The van der Waals surface area contributed by atoms with Gasteiger partial charge in [0.15, 0.2) is 0 Å². The van der Waals surface area contributed by atoms with Gasteiger partial charge in [-0.1, -0.05) is 0 Å². The third-order valence-electron chi connectivity index (χ3n) is 4.32. The van der Waals surface area contributed by atoms with E-state index in [0.29, 0.717) is 32.1 Å². The van der Waals surface area contributed by atoms with Crippen LogP contribution in [0.5, 0.6) is 11.5 Å². The summed E-state index contributed by atoms with van der Waals surface area (Å²) in [6.07, 6.45) is 1.28. The second-order valence-corrected chi connectivity index (χ2v) is 7.77. The topological polar surface area (TPSA) is 127 Å². The van der Waals surface area contributed by atoms with E-state index in [0.717, 1.165) is 0 Å². The lowest BCUT2D eigenvalue weighted by atomic mass is 10.2.